The summed E-state index contributed by atoms with van der Waals surface area (Å²) in [6.45, 7) is 0.517. The van der Waals surface area contributed by atoms with Crippen molar-refractivity contribution in [3.8, 4) is 11.5 Å². The van der Waals surface area contributed by atoms with Gasteiger partial charge in [0.2, 0.25) is 0 Å². The van der Waals surface area contributed by atoms with Crippen molar-refractivity contribution in [2.24, 2.45) is 0 Å². The molecule has 0 saturated heterocycles. The second kappa shape index (κ2) is 6.19. The van der Waals surface area contributed by atoms with Crippen LogP contribution >= 0.6 is 15.9 Å². The van der Waals surface area contributed by atoms with Crippen LogP contribution < -0.4 is 9.47 Å². The monoisotopic (exact) mass is 342 g/mol. The van der Waals surface area contributed by atoms with Crippen LogP contribution in [0.15, 0.2) is 65.1 Å². The normalized spacial score (nSPS) is 10.6. The first-order chi connectivity index (χ1) is 10.3. The molecule has 0 amide bonds. The Hall–Kier alpha value is -2.00. The summed E-state index contributed by atoms with van der Waals surface area (Å²) in [6.07, 6.45) is 0. The molecule has 0 unspecified atom stereocenters. The second-order valence-electron chi connectivity index (χ2n) is 4.71. The lowest BCUT2D eigenvalue weighted by atomic mass is 10.1. The van der Waals surface area contributed by atoms with Gasteiger partial charge >= 0.3 is 0 Å². The third kappa shape index (κ3) is 2.88. The zero-order valence-corrected chi connectivity index (χ0v) is 13.3. The van der Waals surface area contributed by atoms with Crippen molar-refractivity contribution in [2.75, 3.05) is 7.11 Å². The number of rotatable bonds is 4. The average Bonchev–Trinajstić information content (AvgIpc) is 2.55. The van der Waals surface area contributed by atoms with Gasteiger partial charge in [0.25, 0.3) is 0 Å². The summed E-state index contributed by atoms with van der Waals surface area (Å²) in [4.78, 5) is 0. The van der Waals surface area contributed by atoms with Crippen LogP contribution in [0, 0.1) is 0 Å². The number of fused-ring (bicyclic) bond motifs is 1. The van der Waals surface area contributed by atoms with E-state index in [0.717, 1.165) is 32.3 Å². The van der Waals surface area contributed by atoms with Crippen LogP contribution in [0.4, 0.5) is 0 Å². The first-order valence-corrected chi connectivity index (χ1v) is 7.51. The lowest BCUT2D eigenvalue weighted by Gasteiger charge is -2.14. The topological polar surface area (TPSA) is 18.5 Å². The SMILES string of the molecule is COc1cc(Br)c2ccccc2c1OCc1ccccc1. The highest BCUT2D eigenvalue weighted by Crippen LogP contribution is 2.40. The molecule has 3 aromatic rings. The predicted octanol–water partition coefficient (Wildman–Crippen LogP) is 5.19. The number of halogens is 1. The van der Waals surface area contributed by atoms with Gasteiger partial charge in [0.1, 0.15) is 6.61 Å². The average molecular weight is 343 g/mol. The fourth-order valence-corrected chi connectivity index (χ4v) is 2.86. The molecular weight excluding hydrogens is 328 g/mol. The lowest BCUT2D eigenvalue weighted by molar-refractivity contribution is 0.288. The second-order valence-corrected chi connectivity index (χ2v) is 5.56. The third-order valence-corrected chi connectivity index (χ3v) is 4.01. The maximum atomic E-state index is 6.04. The Kier molecular flexibility index (Phi) is 4.11. The molecule has 0 aliphatic rings. The molecule has 0 aliphatic heterocycles. The molecule has 0 saturated carbocycles. The molecule has 0 radical (unpaired) electrons. The Bertz CT molecular complexity index is 754. The zero-order chi connectivity index (χ0) is 14.7. The highest BCUT2D eigenvalue weighted by atomic mass is 79.9. The van der Waals surface area contributed by atoms with Gasteiger partial charge < -0.3 is 9.47 Å². The molecule has 3 heteroatoms. The van der Waals surface area contributed by atoms with Crippen LogP contribution in [-0.4, -0.2) is 7.11 Å². The highest BCUT2D eigenvalue weighted by Gasteiger charge is 2.12. The lowest BCUT2D eigenvalue weighted by Crippen LogP contribution is -1.98. The van der Waals surface area contributed by atoms with Gasteiger partial charge in [-0.05, 0) is 17.0 Å². The molecule has 0 fully saturated rings. The Morgan fingerprint density at radius 3 is 2.29 bits per heavy atom. The van der Waals surface area contributed by atoms with Gasteiger partial charge in [-0.15, -0.1) is 0 Å². The molecule has 0 N–H and O–H groups in total. The van der Waals surface area contributed by atoms with E-state index in [1.807, 2.05) is 54.6 Å². The van der Waals surface area contributed by atoms with E-state index in [-0.39, 0.29) is 0 Å². The van der Waals surface area contributed by atoms with Gasteiger partial charge in [-0.25, -0.2) is 0 Å². The third-order valence-electron chi connectivity index (χ3n) is 3.36. The van der Waals surface area contributed by atoms with Crippen LogP contribution in [-0.2, 0) is 6.61 Å². The van der Waals surface area contributed by atoms with Crippen molar-refractivity contribution < 1.29 is 9.47 Å². The minimum atomic E-state index is 0.517. The Balaban J connectivity index is 2.02. The van der Waals surface area contributed by atoms with Gasteiger partial charge in [-0.2, -0.15) is 0 Å². The van der Waals surface area contributed by atoms with E-state index in [4.69, 9.17) is 9.47 Å². The highest BCUT2D eigenvalue weighted by molar-refractivity contribution is 9.10. The van der Waals surface area contributed by atoms with Gasteiger partial charge in [-0.3, -0.25) is 0 Å². The number of hydrogen-bond acceptors (Lipinski definition) is 2. The standard InChI is InChI=1S/C18H15BrO2/c1-20-17-11-16(19)14-9-5-6-10-15(14)18(17)21-12-13-7-3-2-4-8-13/h2-11H,12H2,1H3. The smallest absolute Gasteiger partial charge is 0.169 e. The van der Waals surface area contributed by atoms with Crippen molar-refractivity contribution in [2.45, 2.75) is 6.61 Å². The summed E-state index contributed by atoms with van der Waals surface area (Å²) in [5, 5.41) is 2.15. The molecule has 0 heterocycles. The zero-order valence-electron chi connectivity index (χ0n) is 11.7. The molecule has 21 heavy (non-hydrogen) atoms. The summed E-state index contributed by atoms with van der Waals surface area (Å²) >= 11 is 3.58. The predicted molar refractivity (Wildman–Crippen MR) is 89.0 cm³/mol. The van der Waals surface area contributed by atoms with E-state index >= 15 is 0 Å². The Morgan fingerprint density at radius 2 is 1.57 bits per heavy atom. The molecule has 0 bridgehead atoms. The minimum Gasteiger partial charge on any atom is -0.493 e. The van der Waals surface area contributed by atoms with E-state index in [0.29, 0.717) is 6.61 Å². The van der Waals surface area contributed by atoms with Crippen molar-refractivity contribution >= 4 is 26.7 Å². The number of benzene rings is 3. The van der Waals surface area contributed by atoms with Crippen molar-refractivity contribution in [3.05, 3.63) is 70.7 Å². The Labute approximate surface area is 132 Å². The largest absolute Gasteiger partial charge is 0.493 e. The molecular formula is C18H15BrO2. The molecule has 0 atom stereocenters. The van der Waals surface area contributed by atoms with E-state index in [9.17, 15) is 0 Å². The molecule has 0 aliphatic carbocycles. The molecule has 3 rings (SSSR count). The minimum absolute atomic E-state index is 0.517. The van der Waals surface area contributed by atoms with E-state index < -0.39 is 0 Å². The van der Waals surface area contributed by atoms with Gasteiger partial charge in [0.15, 0.2) is 11.5 Å². The first kappa shape index (κ1) is 14.0. The van der Waals surface area contributed by atoms with Crippen LogP contribution in [0.2, 0.25) is 0 Å². The number of ether oxygens (including phenoxy) is 2. The summed E-state index contributed by atoms with van der Waals surface area (Å²) in [6, 6.07) is 20.2. The fraction of sp³-hybridized carbons (Fsp3) is 0.111. The van der Waals surface area contributed by atoms with Crippen LogP contribution in [0.3, 0.4) is 0 Å². The molecule has 0 spiro atoms. The molecule has 3 aromatic carbocycles. The van der Waals surface area contributed by atoms with Crippen molar-refractivity contribution in [1.29, 1.82) is 0 Å². The van der Waals surface area contributed by atoms with Crippen molar-refractivity contribution in [1.82, 2.24) is 0 Å². The van der Waals surface area contributed by atoms with Gasteiger partial charge in [0, 0.05) is 9.86 Å². The van der Waals surface area contributed by atoms with E-state index in [2.05, 4.69) is 22.0 Å². The van der Waals surface area contributed by atoms with Crippen LogP contribution in [0.5, 0.6) is 11.5 Å². The maximum absolute atomic E-state index is 6.04. The summed E-state index contributed by atoms with van der Waals surface area (Å²) in [7, 11) is 1.66. The molecule has 0 aromatic heterocycles. The quantitative estimate of drug-likeness (QED) is 0.649. The van der Waals surface area contributed by atoms with E-state index in [1.54, 1.807) is 7.11 Å². The van der Waals surface area contributed by atoms with Crippen LogP contribution in [0.25, 0.3) is 10.8 Å². The molecule has 2 nitrogen and oxygen atoms in total. The number of hydrogen-bond donors (Lipinski definition) is 0. The fourth-order valence-electron chi connectivity index (χ4n) is 2.31. The first-order valence-electron chi connectivity index (χ1n) is 6.71. The van der Waals surface area contributed by atoms with E-state index in [1.165, 1.54) is 0 Å². The maximum Gasteiger partial charge on any atom is 0.169 e. The summed E-state index contributed by atoms with van der Waals surface area (Å²) < 4.78 is 12.5. The summed E-state index contributed by atoms with van der Waals surface area (Å²) in [5.41, 5.74) is 1.13. The van der Waals surface area contributed by atoms with Gasteiger partial charge in [-0.1, -0.05) is 70.5 Å². The summed E-state index contributed by atoms with van der Waals surface area (Å²) in [5.74, 6) is 1.51. The Morgan fingerprint density at radius 1 is 0.905 bits per heavy atom. The van der Waals surface area contributed by atoms with Gasteiger partial charge in [0.05, 0.1) is 7.11 Å². The van der Waals surface area contributed by atoms with Crippen LogP contribution in [0.1, 0.15) is 5.56 Å². The van der Waals surface area contributed by atoms with Crippen molar-refractivity contribution in [3.63, 3.8) is 0 Å². The number of methoxy groups -OCH3 is 1. The molecule has 106 valence electrons.